The van der Waals surface area contributed by atoms with E-state index >= 15 is 0 Å². The number of carbonyl (C=O) groups excluding carboxylic acids is 2. The van der Waals surface area contributed by atoms with Gasteiger partial charge in [0.05, 0.1) is 17.6 Å². The van der Waals surface area contributed by atoms with Gasteiger partial charge in [0.2, 0.25) is 5.91 Å². The fraction of sp³-hybridized carbons (Fsp3) is 0.348. The Morgan fingerprint density at radius 3 is 2.69 bits per heavy atom. The highest BCUT2D eigenvalue weighted by Gasteiger charge is 2.21. The van der Waals surface area contributed by atoms with E-state index in [1.54, 1.807) is 30.1 Å². The Labute approximate surface area is 170 Å². The summed E-state index contributed by atoms with van der Waals surface area (Å²) in [6.45, 7) is 0.381. The molecule has 6 nitrogen and oxygen atoms in total. The number of hydrogen-bond acceptors (Lipinski definition) is 3. The Kier molecular flexibility index (Phi) is 5.60. The van der Waals surface area contributed by atoms with Crippen LogP contribution in [0, 0.1) is 5.92 Å². The van der Waals surface area contributed by atoms with Crippen LogP contribution >= 0.6 is 0 Å². The van der Waals surface area contributed by atoms with Crippen molar-refractivity contribution in [3.8, 4) is 0 Å². The molecule has 0 radical (unpaired) electrons. The second kappa shape index (κ2) is 8.47. The van der Waals surface area contributed by atoms with Gasteiger partial charge < -0.3 is 15.2 Å². The monoisotopic (exact) mass is 390 g/mol. The lowest BCUT2D eigenvalue weighted by atomic mass is 9.88. The molecule has 1 aromatic heterocycles. The van der Waals surface area contributed by atoms with Crippen LogP contribution in [0.2, 0.25) is 0 Å². The summed E-state index contributed by atoms with van der Waals surface area (Å²) in [5.74, 6) is 0.770. The van der Waals surface area contributed by atoms with Crippen LogP contribution in [0.4, 0.5) is 5.69 Å². The maximum Gasteiger partial charge on any atom is 0.254 e. The fourth-order valence-electron chi connectivity index (χ4n) is 3.94. The molecule has 3 aromatic rings. The molecule has 150 valence electrons. The number of hydrogen-bond donors (Lipinski definition) is 2. The third-order valence-corrected chi connectivity index (χ3v) is 5.53. The van der Waals surface area contributed by atoms with Gasteiger partial charge in [-0.2, -0.15) is 0 Å². The molecule has 2 aromatic carbocycles. The molecule has 1 aliphatic carbocycles. The zero-order valence-electron chi connectivity index (χ0n) is 16.6. The van der Waals surface area contributed by atoms with Crippen LogP contribution in [0.1, 0.15) is 48.3 Å². The molecule has 2 N–H and O–H groups in total. The van der Waals surface area contributed by atoms with Crippen LogP contribution in [0.25, 0.3) is 11.0 Å². The molecule has 0 bridgehead atoms. The van der Waals surface area contributed by atoms with Crippen molar-refractivity contribution in [2.75, 3.05) is 12.4 Å². The van der Waals surface area contributed by atoms with Crippen molar-refractivity contribution in [2.24, 2.45) is 5.92 Å². The third-order valence-electron chi connectivity index (χ3n) is 5.53. The molecule has 1 heterocycles. The Bertz CT molecular complexity index is 987. The molecule has 0 aliphatic heterocycles. The minimum atomic E-state index is -0.112. The summed E-state index contributed by atoms with van der Waals surface area (Å²) < 4.78 is 0. The Morgan fingerprint density at radius 1 is 1.10 bits per heavy atom. The Balaban J connectivity index is 1.42. The molecule has 0 spiro atoms. The van der Waals surface area contributed by atoms with Crippen molar-refractivity contribution >= 4 is 28.5 Å². The SMILES string of the molecule is CN(Cc1nc2ccccc2[nH]1)C(=O)c1cccc(NC(=O)C2CCCCC2)c1. The van der Waals surface area contributed by atoms with E-state index in [1.807, 2.05) is 30.3 Å². The molecule has 1 aliphatic rings. The second-order valence-corrected chi connectivity index (χ2v) is 7.77. The van der Waals surface area contributed by atoms with Crippen LogP contribution in [0.3, 0.4) is 0 Å². The van der Waals surface area contributed by atoms with Gasteiger partial charge in [-0.1, -0.05) is 37.5 Å². The van der Waals surface area contributed by atoms with E-state index < -0.39 is 0 Å². The summed E-state index contributed by atoms with van der Waals surface area (Å²) in [5.41, 5.74) is 3.06. The van der Waals surface area contributed by atoms with Crippen molar-refractivity contribution in [2.45, 2.75) is 38.6 Å². The smallest absolute Gasteiger partial charge is 0.254 e. The highest BCUT2D eigenvalue weighted by atomic mass is 16.2. The van der Waals surface area contributed by atoms with Gasteiger partial charge in [-0.3, -0.25) is 9.59 Å². The number of benzene rings is 2. The van der Waals surface area contributed by atoms with Gasteiger partial charge >= 0.3 is 0 Å². The molecule has 6 heteroatoms. The number of aromatic nitrogens is 2. The zero-order valence-corrected chi connectivity index (χ0v) is 16.6. The molecule has 1 fully saturated rings. The highest BCUT2D eigenvalue weighted by Crippen LogP contribution is 2.25. The summed E-state index contributed by atoms with van der Waals surface area (Å²) in [4.78, 5) is 34.8. The summed E-state index contributed by atoms with van der Waals surface area (Å²) in [6.07, 6.45) is 5.34. The molecular weight excluding hydrogens is 364 g/mol. The number of nitrogens with one attached hydrogen (secondary N) is 2. The molecule has 0 atom stereocenters. The number of para-hydroxylation sites is 2. The number of fused-ring (bicyclic) bond motifs is 1. The second-order valence-electron chi connectivity index (χ2n) is 7.77. The molecule has 4 rings (SSSR count). The van der Waals surface area contributed by atoms with E-state index in [9.17, 15) is 9.59 Å². The molecule has 1 saturated carbocycles. The number of anilines is 1. The van der Waals surface area contributed by atoms with Gasteiger partial charge in [-0.05, 0) is 43.2 Å². The number of carbonyl (C=O) groups is 2. The predicted molar refractivity (Wildman–Crippen MR) is 114 cm³/mol. The molecule has 0 unspecified atom stereocenters. The van der Waals surface area contributed by atoms with Gasteiger partial charge in [-0.25, -0.2) is 4.98 Å². The van der Waals surface area contributed by atoms with Gasteiger partial charge in [0, 0.05) is 24.2 Å². The molecule has 2 amide bonds. The van der Waals surface area contributed by atoms with Gasteiger partial charge in [0.15, 0.2) is 0 Å². The van der Waals surface area contributed by atoms with Crippen molar-refractivity contribution < 1.29 is 9.59 Å². The minimum Gasteiger partial charge on any atom is -0.340 e. The predicted octanol–water partition coefficient (Wildman–Crippen LogP) is 4.35. The number of amides is 2. The average Bonchev–Trinajstić information content (AvgIpc) is 3.16. The average molecular weight is 390 g/mol. The molecule has 0 saturated heterocycles. The summed E-state index contributed by atoms with van der Waals surface area (Å²) in [6, 6.07) is 14.9. The van der Waals surface area contributed by atoms with Crippen molar-refractivity contribution in [3.05, 3.63) is 59.9 Å². The number of nitrogens with zero attached hydrogens (tertiary/aromatic N) is 2. The standard InChI is InChI=1S/C23H26N4O2/c1-27(15-21-25-19-12-5-6-13-20(19)26-21)23(29)17-10-7-11-18(14-17)24-22(28)16-8-3-2-4-9-16/h5-7,10-14,16H,2-4,8-9,15H2,1H3,(H,24,28)(H,25,26). The quantitative estimate of drug-likeness (QED) is 0.680. The zero-order chi connectivity index (χ0) is 20.2. The van der Waals surface area contributed by atoms with Crippen LogP contribution in [-0.4, -0.2) is 33.7 Å². The lowest BCUT2D eigenvalue weighted by Crippen LogP contribution is -2.27. The van der Waals surface area contributed by atoms with Gasteiger partial charge in [0.25, 0.3) is 5.91 Å². The highest BCUT2D eigenvalue weighted by molar-refractivity contribution is 5.97. The van der Waals surface area contributed by atoms with Gasteiger partial charge in [0.1, 0.15) is 5.82 Å². The van der Waals surface area contributed by atoms with Crippen LogP contribution in [0.15, 0.2) is 48.5 Å². The normalized spacial score (nSPS) is 14.7. The van der Waals surface area contributed by atoms with Crippen LogP contribution < -0.4 is 5.32 Å². The Morgan fingerprint density at radius 2 is 1.90 bits per heavy atom. The number of aromatic amines is 1. The van der Waals surface area contributed by atoms with E-state index in [0.29, 0.717) is 17.8 Å². The van der Waals surface area contributed by atoms with Crippen molar-refractivity contribution in [3.63, 3.8) is 0 Å². The number of rotatable bonds is 5. The maximum atomic E-state index is 12.9. The summed E-state index contributed by atoms with van der Waals surface area (Å²) in [7, 11) is 1.75. The molecule has 29 heavy (non-hydrogen) atoms. The maximum absolute atomic E-state index is 12.9. The lowest BCUT2D eigenvalue weighted by molar-refractivity contribution is -0.120. The first-order valence-corrected chi connectivity index (χ1v) is 10.2. The van der Waals surface area contributed by atoms with Gasteiger partial charge in [-0.15, -0.1) is 0 Å². The largest absolute Gasteiger partial charge is 0.340 e. The van der Waals surface area contributed by atoms with E-state index in [1.165, 1.54) is 6.42 Å². The summed E-state index contributed by atoms with van der Waals surface area (Å²) in [5, 5.41) is 2.99. The van der Waals surface area contributed by atoms with E-state index in [4.69, 9.17) is 0 Å². The number of imidazole rings is 1. The van der Waals surface area contributed by atoms with Crippen LogP contribution in [-0.2, 0) is 11.3 Å². The first-order chi connectivity index (χ1) is 14.1. The third kappa shape index (κ3) is 4.47. The topological polar surface area (TPSA) is 78.1 Å². The van der Waals surface area contributed by atoms with Crippen molar-refractivity contribution in [1.29, 1.82) is 0 Å². The first-order valence-electron chi connectivity index (χ1n) is 10.2. The van der Waals surface area contributed by atoms with Crippen LogP contribution in [0.5, 0.6) is 0 Å². The van der Waals surface area contributed by atoms with E-state index in [-0.39, 0.29) is 17.7 Å². The van der Waals surface area contributed by atoms with E-state index in [0.717, 1.165) is 42.5 Å². The number of H-pyrrole nitrogens is 1. The Hall–Kier alpha value is -3.15. The van der Waals surface area contributed by atoms with E-state index in [2.05, 4.69) is 15.3 Å². The summed E-state index contributed by atoms with van der Waals surface area (Å²) >= 11 is 0. The minimum absolute atomic E-state index is 0.0601. The first kappa shape index (κ1) is 19.2. The van der Waals surface area contributed by atoms with Crippen molar-refractivity contribution in [1.82, 2.24) is 14.9 Å². The molecular formula is C23H26N4O2. The lowest BCUT2D eigenvalue weighted by Gasteiger charge is -2.21. The fourth-order valence-corrected chi connectivity index (χ4v) is 3.94.